The maximum Gasteiger partial charge on any atom is 0.126 e. The highest BCUT2D eigenvalue weighted by Gasteiger charge is 2.26. The molecule has 118 valence electrons. The van der Waals surface area contributed by atoms with E-state index in [4.69, 9.17) is 0 Å². The van der Waals surface area contributed by atoms with E-state index in [1.807, 2.05) is 0 Å². The minimum Gasteiger partial charge on any atom is -0.316 e. The molecule has 0 spiro atoms. The highest BCUT2D eigenvalue weighted by Crippen LogP contribution is 2.33. The van der Waals surface area contributed by atoms with Gasteiger partial charge < -0.3 is 5.32 Å². The minimum atomic E-state index is -0.341. The smallest absolute Gasteiger partial charge is 0.126 e. The zero-order valence-electron chi connectivity index (χ0n) is 13.2. The summed E-state index contributed by atoms with van der Waals surface area (Å²) in [4.78, 5) is 0. The van der Waals surface area contributed by atoms with Crippen molar-refractivity contribution >= 4 is 0 Å². The van der Waals surface area contributed by atoms with Gasteiger partial charge in [-0.25, -0.2) is 8.78 Å². The van der Waals surface area contributed by atoms with Crippen LogP contribution >= 0.6 is 0 Å². The largest absolute Gasteiger partial charge is 0.316 e. The maximum absolute atomic E-state index is 13.9. The van der Waals surface area contributed by atoms with Crippen molar-refractivity contribution in [2.24, 2.45) is 17.8 Å². The zero-order valence-corrected chi connectivity index (χ0v) is 13.2. The molecule has 0 bridgehead atoms. The van der Waals surface area contributed by atoms with Crippen LogP contribution in [-0.4, -0.2) is 13.1 Å². The molecular formula is C18H27F2N. The Labute approximate surface area is 127 Å². The summed E-state index contributed by atoms with van der Waals surface area (Å²) in [5, 5.41) is 3.50. The Morgan fingerprint density at radius 3 is 2.52 bits per heavy atom. The number of rotatable bonds is 7. The number of hydrogen-bond acceptors (Lipinski definition) is 1. The lowest BCUT2D eigenvalue weighted by atomic mass is 9.85. The van der Waals surface area contributed by atoms with E-state index in [-0.39, 0.29) is 11.6 Å². The molecule has 1 aliphatic carbocycles. The van der Waals surface area contributed by atoms with Crippen LogP contribution in [0, 0.1) is 29.4 Å². The van der Waals surface area contributed by atoms with Gasteiger partial charge >= 0.3 is 0 Å². The van der Waals surface area contributed by atoms with Crippen molar-refractivity contribution in [1.29, 1.82) is 0 Å². The number of halogens is 2. The van der Waals surface area contributed by atoms with Gasteiger partial charge in [0, 0.05) is 0 Å². The molecule has 0 saturated heterocycles. The lowest BCUT2D eigenvalue weighted by Gasteiger charge is -2.25. The van der Waals surface area contributed by atoms with Crippen molar-refractivity contribution < 1.29 is 8.78 Å². The highest BCUT2D eigenvalue weighted by molar-refractivity contribution is 5.19. The molecule has 1 fully saturated rings. The molecule has 2 rings (SSSR count). The van der Waals surface area contributed by atoms with E-state index in [1.54, 1.807) is 0 Å². The van der Waals surface area contributed by atoms with Gasteiger partial charge in [0.1, 0.15) is 11.6 Å². The Bertz CT molecular complexity index is 439. The fourth-order valence-corrected chi connectivity index (χ4v) is 3.37. The van der Waals surface area contributed by atoms with Gasteiger partial charge in [-0.15, -0.1) is 0 Å². The molecule has 1 nitrogen and oxygen atoms in total. The molecule has 1 atom stereocenters. The second-order valence-electron chi connectivity index (χ2n) is 6.80. The molecule has 0 aliphatic heterocycles. The molecule has 0 radical (unpaired) electrons. The second-order valence-corrected chi connectivity index (χ2v) is 6.80. The summed E-state index contributed by atoms with van der Waals surface area (Å²) in [7, 11) is 0. The van der Waals surface area contributed by atoms with E-state index >= 15 is 0 Å². The molecule has 1 saturated carbocycles. The highest BCUT2D eigenvalue weighted by atomic mass is 19.1. The van der Waals surface area contributed by atoms with Crippen molar-refractivity contribution in [1.82, 2.24) is 5.32 Å². The number of nitrogens with one attached hydrogen (secondary N) is 1. The standard InChI is InChI=1S/C18H27F2N/c1-13(2)11-21-12-16(14-5-3-4-6-14)9-15-10-17(19)7-8-18(15)20/h7-8,10,13-14,16,21H,3-6,9,11-12H2,1-2H3. The van der Waals surface area contributed by atoms with Crippen LogP contribution in [0.5, 0.6) is 0 Å². The SMILES string of the molecule is CC(C)CNCC(Cc1cc(F)ccc1F)C1CCCC1. The normalized spacial score (nSPS) is 17.6. The lowest BCUT2D eigenvalue weighted by molar-refractivity contribution is 0.313. The Morgan fingerprint density at radius 1 is 1.14 bits per heavy atom. The first-order valence-corrected chi connectivity index (χ1v) is 8.21. The topological polar surface area (TPSA) is 12.0 Å². The van der Waals surface area contributed by atoms with E-state index in [9.17, 15) is 8.78 Å². The Hall–Kier alpha value is -0.960. The van der Waals surface area contributed by atoms with Gasteiger partial charge in [0.15, 0.2) is 0 Å². The van der Waals surface area contributed by atoms with Gasteiger partial charge in [0.05, 0.1) is 0 Å². The quantitative estimate of drug-likeness (QED) is 0.777. The number of hydrogen-bond donors (Lipinski definition) is 1. The first-order valence-electron chi connectivity index (χ1n) is 8.21. The van der Waals surface area contributed by atoms with Gasteiger partial charge in [-0.3, -0.25) is 0 Å². The lowest BCUT2D eigenvalue weighted by Crippen LogP contribution is -2.31. The maximum atomic E-state index is 13.9. The van der Waals surface area contributed by atoms with E-state index in [2.05, 4.69) is 19.2 Å². The Balaban J connectivity index is 2.01. The molecule has 0 heterocycles. The van der Waals surface area contributed by atoms with Crippen LogP contribution in [0.3, 0.4) is 0 Å². The summed E-state index contributed by atoms with van der Waals surface area (Å²) < 4.78 is 27.2. The van der Waals surface area contributed by atoms with E-state index < -0.39 is 0 Å². The first kappa shape index (κ1) is 16.4. The average Bonchev–Trinajstić information content (AvgIpc) is 2.95. The van der Waals surface area contributed by atoms with Crippen LogP contribution in [0.2, 0.25) is 0 Å². The molecule has 1 aliphatic rings. The predicted octanol–water partition coefficient (Wildman–Crippen LogP) is 4.56. The molecule has 0 amide bonds. The Morgan fingerprint density at radius 2 is 1.86 bits per heavy atom. The van der Waals surface area contributed by atoms with E-state index in [0.29, 0.717) is 29.7 Å². The van der Waals surface area contributed by atoms with E-state index in [1.165, 1.54) is 43.9 Å². The third-order valence-electron chi connectivity index (χ3n) is 4.52. The van der Waals surface area contributed by atoms with Gasteiger partial charge in [-0.05, 0) is 61.0 Å². The van der Waals surface area contributed by atoms with Crippen LogP contribution in [-0.2, 0) is 6.42 Å². The monoisotopic (exact) mass is 295 g/mol. The predicted molar refractivity (Wildman–Crippen MR) is 83.2 cm³/mol. The van der Waals surface area contributed by atoms with E-state index in [0.717, 1.165) is 13.1 Å². The minimum absolute atomic E-state index is 0.275. The summed E-state index contributed by atoms with van der Waals surface area (Å²) in [6, 6.07) is 3.80. The summed E-state index contributed by atoms with van der Waals surface area (Å²) in [5.41, 5.74) is 0.526. The number of benzene rings is 1. The third-order valence-corrected chi connectivity index (χ3v) is 4.52. The van der Waals surface area contributed by atoms with Crippen molar-refractivity contribution in [3.05, 3.63) is 35.4 Å². The Kier molecular flexibility index (Phi) is 6.16. The summed E-state index contributed by atoms with van der Waals surface area (Å²) >= 11 is 0. The average molecular weight is 295 g/mol. The first-order chi connectivity index (χ1) is 10.1. The van der Waals surface area contributed by atoms with Gasteiger partial charge in [-0.1, -0.05) is 39.5 Å². The summed E-state index contributed by atoms with van der Waals surface area (Å²) in [5.74, 6) is 1.05. The summed E-state index contributed by atoms with van der Waals surface area (Å²) in [6.07, 6.45) is 5.64. The molecule has 1 aromatic carbocycles. The van der Waals surface area contributed by atoms with Crippen molar-refractivity contribution in [3.8, 4) is 0 Å². The molecule has 3 heteroatoms. The van der Waals surface area contributed by atoms with Crippen LogP contribution < -0.4 is 5.32 Å². The molecule has 21 heavy (non-hydrogen) atoms. The molecule has 1 aromatic rings. The summed E-state index contributed by atoms with van der Waals surface area (Å²) in [6.45, 7) is 6.25. The van der Waals surface area contributed by atoms with Crippen molar-refractivity contribution in [2.45, 2.75) is 46.0 Å². The second kappa shape index (κ2) is 7.88. The van der Waals surface area contributed by atoms with Gasteiger partial charge in [0.25, 0.3) is 0 Å². The molecule has 1 N–H and O–H groups in total. The van der Waals surface area contributed by atoms with Crippen LogP contribution in [0.15, 0.2) is 18.2 Å². The van der Waals surface area contributed by atoms with Crippen LogP contribution in [0.25, 0.3) is 0 Å². The van der Waals surface area contributed by atoms with Crippen molar-refractivity contribution in [2.75, 3.05) is 13.1 Å². The van der Waals surface area contributed by atoms with Crippen molar-refractivity contribution in [3.63, 3.8) is 0 Å². The molecular weight excluding hydrogens is 268 g/mol. The fraction of sp³-hybridized carbons (Fsp3) is 0.667. The molecule has 1 unspecified atom stereocenters. The molecule has 0 aromatic heterocycles. The van der Waals surface area contributed by atoms with Gasteiger partial charge in [0.2, 0.25) is 0 Å². The van der Waals surface area contributed by atoms with Crippen LogP contribution in [0.1, 0.15) is 45.1 Å². The van der Waals surface area contributed by atoms with Gasteiger partial charge in [-0.2, -0.15) is 0 Å². The third kappa shape index (κ3) is 5.06. The fourth-order valence-electron chi connectivity index (χ4n) is 3.37. The van der Waals surface area contributed by atoms with Crippen LogP contribution in [0.4, 0.5) is 8.78 Å². The zero-order chi connectivity index (χ0) is 15.2.